The van der Waals surface area contributed by atoms with Crippen molar-refractivity contribution in [1.29, 1.82) is 0 Å². The molecule has 0 aromatic carbocycles. The molecule has 1 N–H and O–H groups in total. The number of nitrogens with one attached hydrogen (secondary N) is 1. The molecule has 0 aliphatic rings. The van der Waals surface area contributed by atoms with E-state index >= 15 is 0 Å². The van der Waals surface area contributed by atoms with Gasteiger partial charge in [0.25, 0.3) is 5.56 Å². The number of unbranched alkanes of at least 4 members (excludes halogenated alkanes) is 1. The molecule has 122 valence electrons. The molecule has 0 radical (unpaired) electrons. The number of thioether (sulfide) groups is 1. The number of H-pyrrole nitrogens is 1. The van der Waals surface area contributed by atoms with Gasteiger partial charge in [0, 0.05) is 24.7 Å². The van der Waals surface area contributed by atoms with Gasteiger partial charge in [-0.3, -0.25) is 9.89 Å². The summed E-state index contributed by atoms with van der Waals surface area (Å²) in [5, 5.41) is 13.0. The van der Waals surface area contributed by atoms with Gasteiger partial charge in [0.1, 0.15) is 10.8 Å². The van der Waals surface area contributed by atoms with Crippen LogP contribution in [0.5, 0.6) is 0 Å². The molecule has 3 heterocycles. The number of nitrogens with zero attached hydrogens (tertiary/aromatic N) is 5. The highest BCUT2D eigenvalue weighted by atomic mass is 32.2. The largest absolute Gasteiger partial charge is 0.275 e. The van der Waals surface area contributed by atoms with Crippen LogP contribution >= 0.6 is 23.1 Å². The summed E-state index contributed by atoms with van der Waals surface area (Å²) in [7, 11) is 0. The van der Waals surface area contributed by atoms with E-state index in [1.807, 2.05) is 6.92 Å². The van der Waals surface area contributed by atoms with Crippen molar-refractivity contribution < 1.29 is 0 Å². The highest BCUT2D eigenvalue weighted by Gasteiger charge is 2.10. The molecule has 0 amide bonds. The van der Waals surface area contributed by atoms with Gasteiger partial charge in [-0.2, -0.15) is 9.61 Å². The fraction of sp³-hybridized carbons (Fsp3) is 0.500. The molecule has 0 spiro atoms. The molecule has 0 bridgehead atoms. The van der Waals surface area contributed by atoms with Crippen molar-refractivity contribution in [1.82, 2.24) is 29.8 Å². The lowest BCUT2D eigenvalue weighted by molar-refractivity contribution is 0.761. The van der Waals surface area contributed by atoms with Crippen molar-refractivity contribution >= 4 is 28.1 Å². The molecule has 3 aromatic heterocycles. The fourth-order valence-corrected chi connectivity index (χ4v) is 3.71. The van der Waals surface area contributed by atoms with E-state index in [-0.39, 0.29) is 5.56 Å². The highest BCUT2D eigenvalue weighted by molar-refractivity contribution is 7.98. The first-order valence-corrected chi connectivity index (χ1v) is 9.42. The summed E-state index contributed by atoms with van der Waals surface area (Å²) in [5.41, 5.74) is 0.599. The zero-order valence-corrected chi connectivity index (χ0v) is 14.7. The highest BCUT2D eigenvalue weighted by Crippen LogP contribution is 2.19. The second kappa shape index (κ2) is 7.22. The molecule has 0 aliphatic carbocycles. The summed E-state index contributed by atoms with van der Waals surface area (Å²) in [6.45, 7) is 4.16. The monoisotopic (exact) mass is 350 g/mol. The predicted octanol–water partition coefficient (Wildman–Crippen LogP) is 2.47. The Morgan fingerprint density at radius 3 is 2.96 bits per heavy atom. The maximum Gasteiger partial charge on any atom is 0.275 e. The van der Waals surface area contributed by atoms with Crippen LogP contribution in [0.2, 0.25) is 0 Å². The Kier molecular flexibility index (Phi) is 5.06. The number of rotatable bonds is 7. The maximum atomic E-state index is 12.2. The van der Waals surface area contributed by atoms with Crippen LogP contribution in [0.15, 0.2) is 16.0 Å². The van der Waals surface area contributed by atoms with Crippen LogP contribution in [0.3, 0.4) is 0 Å². The molecule has 0 unspecified atom stereocenters. The zero-order chi connectivity index (χ0) is 16.2. The summed E-state index contributed by atoms with van der Waals surface area (Å²) in [6.07, 6.45) is 3.89. The van der Waals surface area contributed by atoms with Gasteiger partial charge in [0.2, 0.25) is 10.1 Å². The summed E-state index contributed by atoms with van der Waals surface area (Å²) in [4.78, 5) is 21.7. The SMILES string of the molecule is CCCCc1nn2c(=O)cc(CSc3n[nH]c(CC)n3)nc2s1. The molecule has 3 aromatic rings. The molecular weight excluding hydrogens is 332 g/mol. The molecule has 7 nitrogen and oxygen atoms in total. The first-order valence-electron chi connectivity index (χ1n) is 7.62. The Bertz CT molecular complexity index is 852. The van der Waals surface area contributed by atoms with Crippen molar-refractivity contribution in [2.75, 3.05) is 0 Å². The standard InChI is InChI=1S/C14H18N6OS2/c1-3-5-6-11-19-20-12(21)7-9(15-14(20)23-11)8-22-13-16-10(4-2)17-18-13/h7H,3-6,8H2,1-2H3,(H,16,17,18). The normalized spacial score (nSPS) is 11.4. The summed E-state index contributed by atoms with van der Waals surface area (Å²) in [6, 6.07) is 1.54. The Hall–Kier alpha value is -1.74. The third-order valence-corrected chi connectivity index (χ3v) is 5.13. The molecule has 0 saturated carbocycles. The lowest BCUT2D eigenvalue weighted by Crippen LogP contribution is -2.15. The Morgan fingerprint density at radius 2 is 2.22 bits per heavy atom. The van der Waals surface area contributed by atoms with Crippen LogP contribution in [-0.4, -0.2) is 29.8 Å². The van der Waals surface area contributed by atoms with Crippen molar-refractivity contribution in [2.45, 2.75) is 50.4 Å². The third kappa shape index (κ3) is 3.78. The van der Waals surface area contributed by atoms with Crippen molar-refractivity contribution in [3.05, 3.63) is 32.9 Å². The van der Waals surface area contributed by atoms with Crippen LogP contribution in [0.25, 0.3) is 4.96 Å². The number of fused-ring (bicyclic) bond motifs is 1. The first kappa shape index (κ1) is 16.1. The summed E-state index contributed by atoms with van der Waals surface area (Å²) in [5.74, 6) is 1.42. The number of aromatic nitrogens is 6. The van der Waals surface area contributed by atoms with Crippen LogP contribution in [0.4, 0.5) is 0 Å². The second-order valence-corrected chi connectivity index (χ2v) is 7.07. The van der Waals surface area contributed by atoms with E-state index in [9.17, 15) is 4.79 Å². The lowest BCUT2D eigenvalue weighted by atomic mass is 10.3. The predicted molar refractivity (Wildman–Crippen MR) is 91.1 cm³/mol. The molecule has 23 heavy (non-hydrogen) atoms. The van der Waals surface area contributed by atoms with Crippen molar-refractivity contribution in [3.8, 4) is 0 Å². The number of aromatic amines is 1. The van der Waals surface area contributed by atoms with Gasteiger partial charge in [-0.05, 0) is 6.42 Å². The van der Waals surface area contributed by atoms with E-state index in [0.29, 0.717) is 15.9 Å². The molecule has 0 fully saturated rings. The topological polar surface area (TPSA) is 88.8 Å². The van der Waals surface area contributed by atoms with Crippen LogP contribution in [0, 0.1) is 0 Å². The smallest absolute Gasteiger partial charge is 0.267 e. The van der Waals surface area contributed by atoms with Gasteiger partial charge >= 0.3 is 0 Å². The van der Waals surface area contributed by atoms with Gasteiger partial charge in [0.05, 0.1) is 5.69 Å². The Balaban J connectivity index is 1.77. The van der Waals surface area contributed by atoms with Crippen LogP contribution < -0.4 is 5.56 Å². The van der Waals surface area contributed by atoms with E-state index in [1.54, 1.807) is 0 Å². The maximum absolute atomic E-state index is 12.2. The molecule has 0 saturated heterocycles. The second-order valence-electron chi connectivity index (χ2n) is 5.09. The van der Waals surface area contributed by atoms with Gasteiger partial charge in [0.15, 0.2) is 0 Å². The molecule has 0 atom stereocenters. The Morgan fingerprint density at radius 1 is 1.35 bits per heavy atom. The minimum Gasteiger partial charge on any atom is -0.267 e. The molecular formula is C14H18N6OS2. The number of aryl methyl sites for hydroxylation is 2. The molecule has 9 heteroatoms. The molecule has 0 aliphatic heterocycles. The number of hydrogen-bond donors (Lipinski definition) is 1. The minimum atomic E-state index is -0.131. The van der Waals surface area contributed by atoms with Crippen molar-refractivity contribution in [3.63, 3.8) is 0 Å². The summed E-state index contributed by atoms with van der Waals surface area (Å²) < 4.78 is 1.39. The first-order chi connectivity index (χ1) is 11.2. The zero-order valence-electron chi connectivity index (χ0n) is 13.1. The average molecular weight is 350 g/mol. The van der Waals surface area contributed by atoms with Crippen LogP contribution in [0.1, 0.15) is 43.2 Å². The van der Waals surface area contributed by atoms with Gasteiger partial charge in [-0.25, -0.2) is 9.97 Å². The van der Waals surface area contributed by atoms with E-state index in [4.69, 9.17) is 0 Å². The van der Waals surface area contributed by atoms with E-state index < -0.39 is 0 Å². The fourth-order valence-electron chi connectivity index (χ4n) is 2.04. The van der Waals surface area contributed by atoms with Gasteiger partial charge in [-0.1, -0.05) is 43.4 Å². The Labute approximate surface area is 141 Å². The lowest BCUT2D eigenvalue weighted by Gasteiger charge is -1.97. The quantitative estimate of drug-likeness (QED) is 0.659. The van der Waals surface area contributed by atoms with E-state index in [1.165, 1.54) is 33.7 Å². The van der Waals surface area contributed by atoms with Gasteiger partial charge in [-0.15, -0.1) is 5.10 Å². The van der Waals surface area contributed by atoms with Crippen LogP contribution in [-0.2, 0) is 18.6 Å². The van der Waals surface area contributed by atoms with Crippen molar-refractivity contribution in [2.24, 2.45) is 0 Å². The van der Waals surface area contributed by atoms with E-state index in [2.05, 4.69) is 32.2 Å². The number of hydrogen-bond acceptors (Lipinski definition) is 7. The minimum absolute atomic E-state index is 0.131. The average Bonchev–Trinajstić information content (AvgIpc) is 3.17. The van der Waals surface area contributed by atoms with E-state index in [0.717, 1.165) is 42.2 Å². The molecule has 3 rings (SSSR count). The summed E-state index contributed by atoms with van der Waals surface area (Å²) >= 11 is 2.96. The van der Waals surface area contributed by atoms with Gasteiger partial charge < -0.3 is 0 Å². The third-order valence-electron chi connectivity index (χ3n) is 3.28.